The Hall–Kier alpha value is -2.19. The molecule has 0 saturated carbocycles. The molecule has 0 aliphatic rings. The molecule has 4 aromatic rings. The second kappa shape index (κ2) is 4.40. The standard InChI is InChI=1S/C14H12N4O2S2/c1-7-9(8-5-4-6-21-8)18-10-11(15-13(18)22-7)16(2)14(20)17(3)12(10)19/h4-6H,1-3H3. The van der Waals surface area contributed by atoms with E-state index in [-0.39, 0.29) is 11.2 Å². The van der Waals surface area contributed by atoms with Crippen molar-refractivity contribution in [3.05, 3.63) is 43.2 Å². The van der Waals surface area contributed by atoms with Crippen molar-refractivity contribution in [1.82, 2.24) is 18.5 Å². The van der Waals surface area contributed by atoms with Crippen LogP contribution in [0.3, 0.4) is 0 Å². The number of imidazole rings is 1. The highest BCUT2D eigenvalue weighted by molar-refractivity contribution is 7.18. The maximum Gasteiger partial charge on any atom is 0.332 e. The third kappa shape index (κ3) is 1.56. The van der Waals surface area contributed by atoms with E-state index in [1.807, 2.05) is 28.8 Å². The fourth-order valence-electron chi connectivity index (χ4n) is 2.69. The van der Waals surface area contributed by atoms with Gasteiger partial charge in [-0.2, -0.15) is 0 Å². The third-order valence-corrected chi connectivity index (χ3v) is 5.62. The normalized spacial score (nSPS) is 11.8. The average molecular weight is 332 g/mol. The molecule has 0 aliphatic heterocycles. The van der Waals surface area contributed by atoms with Gasteiger partial charge in [-0.15, -0.1) is 22.7 Å². The second-order valence-electron chi connectivity index (χ2n) is 5.09. The maximum atomic E-state index is 12.6. The minimum Gasteiger partial charge on any atom is -0.279 e. The van der Waals surface area contributed by atoms with Crippen LogP contribution in [-0.2, 0) is 14.1 Å². The molecular weight excluding hydrogens is 320 g/mol. The first-order valence-corrected chi connectivity index (χ1v) is 8.31. The number of aryl methyl sites for hydroxylation is 2. The number of hydrogen-bond acceptors (Lipinski definition) is 5. The van der Waals surface area contributed by atoms with Gasteiger partial charge in [-0.1, -0.05) is 6.07 Å². The summed E-state index contributed by atoms with van der Waals surface area (Å²) in [6.45, 7) is 2.02. The van der Waals surface area contributed by atoms with E-state index in [4.69, 9.17) is 0 Å². The van der Waals surface area contributed by atoms with E-state index >= 15 is 0 Å². The van der Waals surface area contributed by atoms with Gasteiger partial charge in [0.15, 0.2) is 16.1 Å². The number of hydrogen-bond donors (Lipinski definition) is 0. The Balaban J connectivity index is 2.32. The summed E-state index contributed by atoms with van der Waals surface area (Å²) in [5.74, 6) is 0. The average Bonchev–Trinajstić information content (AvgIpc) is 3.17. The van der Waals surface area contributed by atoms with E-state index in [1.54, 1.807) is 18.4 Å². The third-order valence-electron chi connectivity index (χ3n) is 3.78. The molecule has 0 spiro atoms. The predicted molar refractivity (Wildman–Crippen MR) is 89.1 cm³/mol. The predicted octanol–water partition coefficient (Wildman–Crippen LogP) is 1.98. The minimum absolute atomic E-state index is 0.318. The minimum atomic E-state index is -0.363. The summed E-state index contributed by atoms with van der Waals surface area (Å²) in [6.07, 6.45) is 0. The highest BCUT2D eigenvalue weighted by Gasteiger charge is 2.21. The van der Waals surface area contributed by atoms with Gasteiger partial charge in [-0.3, -0.25) is 18.3 Å². The van der Waals surface area contributed by atoms with E-state index < -0.39 is 0 Å². The van der Waals surface area contributed by atoms with E-state index in [2.05, 4.69) is 4.98 Å². The Labute approximate surface area is 132 Å². The Morgan fingerprint density at radius 2 is 1.95 bits per heavy atom. The number of fused-ring (bicyclic) bond motifs is 3. The highest BCUT2D eigenvalue weighted by atomic mass is 32.1. The molecule has 0 N–H and O–H groups in total. The van der Waals surface area contributed by atoms with Crippen LogP contribution in [0.25, 0.3) is 26.7 Å². The molecule has 8 heteroatoms. The summed E-state index contributed by atoms with van der Waals surface area (Å²) in [6, 6.07) is 4.01. The quantitative estimate of drug-likeness (QED) is 0.535. The van der Waals surface area contributed by atoms with Crippen LogP contribution in [0.4, 0.5) is 0 Å². The van der Waals surface area contributed by atoms with Crippen LogP contribution in [0, 0.1) is 6.92 Å². The number of thiazole rings is 1. The Kier molecular flexibility index (Phi) is 2.70. The number of nitrogens with zero attached hydrogens (tertiary/aromatic N) is 4. The fourth-order valence-corrected chi connectivity index (χ4v) is 4.55. The van der Waals surface area contributed by atoms with Crippen LogP contribution >= 0.6 is 22.7 Å². The van der Waals surface area contributed by atoms with Crippen LogP contribution in [0.15, 0.2) is 27.1 Å². The molecule has 0 aliphatic carbocycles. The van der Waals surface area contributed by atoms with Crippen LogP contribution in [0.2, 0.25) is 0 Å². The van der Waals surface area contributed by atoms with E-state index in [1.165, 1.54) is 23.0 Å². The summed E-state index contributed by atoms with van der Waals surface area (Å²) in [7, 11) is 3.13. The van der Waals surface area contributed by atoms with Crippen LogP contribution < -0.4 is 11.2 Å². The van der Waals surface area contributed by atoms with Crippen LogP contribution in [0.1, 0.15) is 4.88 Å². The molecule has 4 rings (SSSR count). The molecular formula is C14H12N4O2S2. The molecule has 112 valence electrons. The van der Waals surface area contributed by atoms with E-state index in [0.717, 1.165) is 25.0 Å². The Bertz CT molecular complexity index is 1140. The van der Waals surface area contributed by atoms with Gasteiger partial charge >= 0.3 is 5.69 Å². The molecule has 0 aromatic carbocycles. The summed E-state index contributed by atoms with van der Waals surface area (Å²) in [4.78, 5) is 32.1. The van der Waals surface area contributed by atoms with Gasteiger partial charge in [-0.25, -0.2) is 9.78 Å². The molecule has 0 saturated heterocycles. The van der Waals surface area contributed by atoms with Crippen molar-refractivity contribution in [3.8, 4) is 10.6 Å². The summed E-state index contributed by atoms with van der Waals surface area (Å²) >= 11 is 3.15. The second-order valence-corrected chi connectivity index (χ2v) is 7.22. The lowest BCUT2D eigenvalue weighted by atomic mass is 10.3. The van der Waals surface area contributed by atoms with Crippen LogP contribution in [-0.4, -0.2) is 18.5 Å². The molecule has 6 nitrogen and oxygen atoms in total. The molecule has 0 unspecified atom stereocenters. The molecule has 0 radical (unpaired) electrons. The molecule has 22 heavy (non-hydrogen) atoms. The van der Waals surface area contributed by atoms with Gasteiger partial charge in [0.05, 0.1) is 10.6 Å². The highest BCUT2D eigenvalue weighted by Crippen LogP contribution is 2.35. The van der Waals surface area contributed by atoms with Gasteiger partial charge in [-0.05, 0) is 18.4 Å². The van der Waals surface area contributed by atoms with Gasteiger partial charge in [0.1, 0.15) is 0 Å². The number of aromatic nitrogens is 4. The van der Waals surface area contributed by atoms with Crippen molar-refractivity contribution in [2.45, 2.75) is 6.92 Å². The first kappa shape index (κ1) is 13.5. The van der Waals surface area contributed by atoms with Gasteiger partial charge < -0.3 is 0 Å². The Morgan fingerprint density at radius 1 is 1.18 bits per heavy atom. The van der Waals surface area contributed by atoms with Crippen molar-refractivity contribution >= 4 is 38.8 Å². The van der Waals surface area contributed by atoms with Crippen molar-refractivity contribution in [2.24, 2.45) is 14.1 Å². The first-order chi connectivity index (χ1) is 10.5. The lowest BCUT2D eigenvalue weighted by Crippen LogP contribution is -2.37. The van der Waals surface area contributed by atoms with E-state index in [9.17, 15) is 9.59 Å². The molecule has 0 atom stereocenters. The van der Waals surface area contributed by atoms with Crippen molar-refractivity contribution in [2.75, 3.05) is 0 Å². The van der Waals surface area contributed by atoms with Crippen molar-refractivity contribution < 1.29 is 0 Å². The lowest BCUT2D eigenvalue weighted by Gasteiger charge is -2.04. The van der Waals surface area contributed by atoms with Crippen LogP contribution in [0.5, 0.6) is 0 Å². The molecule has 0 bridgehead atoms. The zero-order valence-corrected chi connectivity index (χ0v) is 13.8. The topological polar surface area (TPSA) is 61.3 Å². The fraction of sp³-hybridized carbons (Fsp3) is 0.214. The lowest BCUT2D eigenvalue weighted by molar-refractivity contribution is 0.708. The van der Waals surface area contributed by atoms with Gasteiger partial charge in [0.2, 0.25) is 0 Å². The van der Waals surface area contributed by atoms with Gasteiger partial charge in [0.25, 0.3) is 5.56 Å². The Morgan fingerprint density at radius 3 is 2.64 bits per heavy atom. The largest absolute Gasteiger partial charge is 0.332 e. The maximum absolute atomic E-state index is 12.6. The first-order valence-electron chi connectivity index (χ1n) is 6.62. The van der Waals surface area contributed by atoms with Crippen molar-refractivity contribution in [3.63, 3.8) is 0 Å². The van der Waals surface area contributed by atoms with Gasteiger partial charge in [0, 0.05) is 19.0 Å². The number of rotatable bonds is 1. The molecule has 4 heterocycles. The molecule has 0 amide bonds. The number of thiophene rings is 1. The smallest absolute Gasteiger partial charge is 0.279 e. The summed E-state index contributed by atoms with van der Waals surface area (Å²) < 4.78 is 4.43. The zero-order valence-electron chi connectivity index (χ0n) is 12.2. The monoisotopic (exact) mass is 332 g/mol. The van der Waals surface area contributed by atoms with E-state index in [0.29, 0.717) is 11.2 Å². The zero-order chi connectivity index (χ0) is 15.6. The van der Waals surface area contributed by atoms with Crippen molar-refractivity contribution in [1.29, 1.82) is 0 Å². The molecule has 0 fully saturated rings. The SMILES string of the molecule is Cc1sc2nc3c(c(=O)n(C)c(=O)n3C)n2c1-c1cccs1. The summed E-state index contributed by atoms with van der Waals surface area (Å²) in [5, 5.41) is 2.01. The summed E-state index contributed by atoms with van der Waals surface area (Å²) in [5.41, 5.74) is 1.18. The molecule has 4 aromatic heterocycles.